The molecule has 2 atom stereocenters. The molecule has 1 rings (SSSR count). The highest BCUT2D eigenvalue weighted by atomic mass is 35.5. The van der Waals surface area contributed by atoms with Crippen molar-refractivity contribution >= 4 is 23.4 Å². The molecule has 0 aromatic carbocycles. The van der Waals surface area contributed by atoms with Gasteiger partial charge in [0.25, 0.3) is 0 Å². The molecule has 0 saturated carbocycles. The SMILES string of the molecule is C/C=C/C1=CC(=O)[C@H](Cl)[C@@]1(O)C(=O)OC. The van der Waals surface area contributed by atoms with Gasteiger partial charge in [0.2, 0.25) is 5.60 Å². The minimum Gasteiger partial charge on any atom is -0.467 e. The van der Waals surface area contributed by atoms with Crippen molar-refractivity contribution in [2.75, 3.05) is 7.11 Å². The Morgan fingerprint density at radius 3 is 2.80 bits per heavy atom. The molecule has 1 aliphatic rings. The molecule has 0 amide bonds. The van der Waals surface area contributed by atoms with Crippen LogP contribution in [0.2, 0.25) is 0 Å². The Morgan fingerprint density at radius 1 is 1.73 bits per heavy atom. The first-order valence-electron chi connectivity index (χ1n) is 4.32. The van der Waals surface area contributed by atoms with Gasteiger partial charge in [-0.05, 0) is 13.0 Å². The number of ketones is 1. The monoisotopic (exact) mass is 230 g/mol. The van der Waals surface area contributed by atoms with Crippen molar-refractivity contribution in [3.05, 3.63) is 23.8 Å². The van der Waals surface area contributed by atoms with Gasteiger partial charge in [0.15, 0.2) is 5.78 Å². The average Bonchev–Trinajstić information content (AvgIpc) is 2.44. The fourth-order valence-corrected chi connectivity index (χ4v) is 1.70. The van der Waals surface area contributed by atoms with Crippen LogP contribution < -0.4 is 0 Å². The second kappa shape index (κ2) is 4.16. The number of carbonyl (C=O) groups excluding carboxylic acids is 2. The number of hydrogen-bond donors (Lipinski definition) is 1. The number of ether oxygens (including phenoxy) is 1. The molecule has 0 unspecified atom stereocenters. The second-order valence-electron chi connectivity index (χ2n) is 3.12. The lowest BCUT2D eigenvalue weighted by Gasteiger charge is -2.24. The standard InChI is InChI=1S/C10H11ClO4/c1-3-4-6-5-7(12)8(11)10(6,14)9(13)15-2/h3-5,8,14H,1-2H3/b4-3+/t8-,10+/m0/s1. The van der Waals surface area contributed by atoms with Crippen molar-refractivity contribution < 1.29 is 19.4 Å². The van der Waals surface area contributed by atoms with E-state index in [4.69, 9.17) is 11.6 Å². The third kappa shape index (κ3) is 1.70. The lowest BCUT2D eigenvalue weighted by molar-refractivity contribution is -0.158. The van der Waals surface area contributed by atoms with Crippen LogP contribution in [0.15, 0.2) is 23.8 Å². The number of aliphatic hydroxyl groups is 1. The van der Waals surface area contributed by atoms with Crippen molar-refractivity contribution in [3.8, 4) is 0 Å². The summed E-state index contributed by atoms with van der Waals surface area (Å²) in [7, 11) is 1.12. The van der Waals surface area contributed by atoms with Crippen LogP contribution in [0, 0.1) is 0 Å². The summed E-state index contributed by atoms with van der Waals surface area (Å²) in [5, 5.41) is 8.72. The Morgan fingerprint density at radius 2 is 2.33 bits per heavy atom. The summed E-state index contributed by atoms with van der Waals surface area (Å²) in [5.74, 6) is -1.43. The largest absolute Gasteiger partial charge is 0.467 e. The summed E-state index contributed by atoms with van der Waals surface area (Å²) in [4.78, 5) is 22.7. The fraction of sp³-hybridized carbons (Fsp3) is 0.400. The van der Waals surface area contributed by atoms with Gasteiger partial charge in [-0.25, -0.2) is 4.79 Å². The number of esters is 1. The molecule has 0 spiro atoms. The minimum absolute atomic E-state index is 0.154. The Kier molecular flexibility index (Phi) is 3.31. The molecule has 82 valence electrons. The van der Waals surface area contributed by atoms with E-state index in [0.29, 0.717) is 0 Å². The van der Waals surface area contributed by atoms with Crippen molar-refractivity contribution in [2.24, 2.45) is 0 Å². The van der Waals surface area contributed by atoms with Crippen LogP contribution in [0.1, 0.15) is 6.92 Å². The third-order valence-electron chi connectivity index (χ3n) is 2.20. The van der Waals surface area contributed by atoms with Crippen molar-refractivity contribution in [1.82, 2.24) is 0 Å². The maximum Gasteiger partial charge on any atom is 0.344 e. The molecule has 0 saturated heterocycles. The maximum absolute atomic E-state index is 11.4. The number of methoxy groups -OCH3 is 1. The van der Waals surface area contributed by atoms with Crippen LogP contribution in [0.25, 0.3) is 0 Å². The van der Waals surface area contributed by atoms with Gasteiger partial charge in [-0.1, -0.05) is 12.2 Å². The summed E-state index contributed by atoms with van der Waals surface area (Å²) in [6.45, 7) is 1.70. The molecule has 1 aliphatic carbocycles. The van der Waals surface area contributed by atoms with Gasteiger partial charge in [-0.2, -0.15) is 0 Å². The highest BCUT2D eigenvalue weighted by Gasteiger charge is 2.53. The summed E-state index contributed by atoms with van der Waals surface area (Å²) in [6.07, 6.45) is 4.20. The van der Waals surface area contributed by atoms with E-state index in [1.54, 1.807) is 13.0 Å². The van der Waals surface area contributed by atoms with Crippen molar-refractivity contribution in [1.29, 1.82) is 0 Å². The van der Waals surface area contributed by atoms with Gasteiger partial charge < -0.3 is 9.84 Å². The predicted octanol–water partition coefficient (Wildman–Crippen LogP) is 0.583. The highest BCUT2D eigenvalue weighted by molar-refractivity contribution is 6.37. The van der Waals surface area contributed by atoms with Crippen LogP contribution in [0.5, 0.6) is 0 Å². The molecule has 1 N–H and O–H groups in total. The first-order valence-corrected chi connectivity index (χ1v) is 4.75. The molecule has 0 aliphatic heterocycles. The van der Waals surface area contributed by atoms with Crippen molar-refractivity contribution in [3.63, 3.8) is 0 Å². The van der Waals surface area contributed by atoms with Crippen LogP contribution in [-0.2, 0) is 14.3 Å². The number of halogens is 1. The van der Waals surface area contributed by atoms with E-state index >= 15 is 0 Å². The van der Waals surface area contributed by atoms with Crippen LogP contribution in [-0.4, -0.2) is 34.9 Å². The van der Waals surface area contributed by atoms with Gasteiger partial charge >= 0.3 is 5.97 Å². The minimum atomic E-state index is -2.07. The van der Waals surface area contributed by atoms with E-state index in [-0.39, 0.29) is 5.57 Å². The first kappa shape index (κ1) is 11.9. The lowest BCUT2D eigenvalue weighted by atomic mass is 9.95. The summed E-state index contributed by atoms with van der Waals surface area (Å²) >= 11 is 5.69. The van der Waals surface area contributed by atoms with Gasteiger partial charge in [0, 0.05) is 5.57 Å². The van der Waals surface area contributed by atoms with Crippen LogP contribution >= 0.6 is 11.6 Å². The average molecular weight is 231 g/mol. The smallest absolute Gasteiger partial charge is 0.344 e. The molecule has 0 fully saturated rings. The van der Waals surface area contributed by atoms with E-state index in [1.165, 1.54) is 6.08 Å². The molecule has 0 aromatic rings. The summed E-state index contributed by atoms with van der Waals surface area (Å²) in [5.41, 5.74) is -1.92. The Balaban J connectivity index is 3.20. The van der Waals surface area contributed by atoms with Crippen LogP contribution in [0.4, 0.5) is 0 Å². The third-order valence-corrected chi connectivity index (χ3v) is 2.73. The maximum atomic E-state index is 11.4. The predicted molar refractivity (Wildman–Crippen MR) is 54.5 cm³/mol. The quantitative estimate of drug-likeness (QED) is 0.557. The first-order chi connectivity index (χ1) is 6.98. The summed E-state index contributed by atoms with van der Waals surface area (Å²) < 4.78 is 4.43. The Hall–Kier alpha value is -1.13. The molecule has 0 aromatic heterocycles. The Labute approximate surface area is 92.2 Å². The van der Waals surface area contributed by atoms with E-state index in [0.717, 1.165) is 13.2 Å². The molecular weight excluding hydrogens is 220 g/mol. The van der Waals surface area contributed by atoms with Crippen molar-refractivity contribution in [2.45, 2.75) is 17.9 Å². The fourth-order valence-electron chi connectivity index (χ4n) is 1.42. The molecular formula is C10H11ClO4. The number of rotatable bonds is 2. The van der Waals surface area contributed by atoms with Gasteiger partial charge in [-0.15, -0.1) is 11.6 Å². The topological polar surface area (TPSA) is 63.6 Å². The highest BCUT2D eigenvalue weighted by Crippen LogP contribution is 2.34. The Bertz CT molecular complexity index is 358. The molecule has 4 nitrogen and oxygen atoms in total. The zero-order valence-corrected chi connectivity index (χ0v) is 9.12. The van der Waals surface area contributed by atoms with E-state index in [2.05, 4.69) is 4.74 Å². The van der Waals surface area contributed by atoms with Gasteiger partial charge in [0.05, 0.1) is 7.11 Å². The molecule has 15 heavy (non-hydrogen) atoms. The number of allylic oxidation sites excluding steroid dienone is 2. The molecule has 0 radical (unpaired) electrons. The second-order valence-corrected chi connectivity index (χ2v) is 3.56. The zero-order valence-electron chi connectivity index (χ0n) is 8.36. The normalized spacial score (nSPS) is 30.8. The number of hydrogen-bond acceptors (Lipinski definition) is 4. The zero-order chi connectivity index (χ0) is 11.6. The number of alkyl halides is 1. The van der Waals surface area contributed by atoms with Crippen LogP contribution in [0.3, 0.4) is 0 Å². The van der Waals surface area contributed by atoms with E-state index in [9.17, 15) is 14.7 Å². The molecule has 0 heterocycles. The summed E-state index contributed by atoms with van der Waals surface area (Å²) in [6, 6.07) is 0. The van der Waals surface area contributed by atoms with E-state index in [1.807, 2.05) is 0 Å². The van der Waals surface area contributed by atoms with Gasteiger partial charge in [-0.3, -0.25) is 4.79 Å². The van der Waals surface area contributed by atoms with Gasteiger partial charge in [0.1, 0.15) is 5.38 Å². The number of carbonyl (C=O) groups is 2. The molecule has 5 heteroatoms. The lowest BCUT2D eigenvalue weighted by Crippen LogP contribution is -2.48. The molecule has 0 bridgehead atoms. The van der Waals surface area contributed by atoms with E-state index < -0.39 is 22.7 Å².